The van der Waals surface area contributed by atoms with Crippen molar-refractivity contribution in [1.29, 1.82) is 0 Å². The predicted molar refractivity (Wildman–Crippen MR) is 43.7 cm³/mol. The van der Waals surface area contributed by atoms with Crippen LogP contribution in [0.1, 0.15) is 5.69 Å². The van der Waals surface area contributed by atoms with E-state index in [0.29, 0.717) is 11.2 Å². The number of rotatable bonds is 1. The Kier molecular flexibility index (Phi) is 1.30. The first-order valence-corrected chi connectivity index (χ1v) is 3.37. The molecule has 0 radical (unpaired) electrons. The number of nitrogens with zero attached hydrogens (tertiary/aromatic N) is 3. The number of nitrogens with one attached hydrogen (secondary N) is 1. The molecule has 5 heteroatoms. The Balaban J connectivity index is 2.92. The summed E-state index contributed by atoms with van der Waals surface area (Å²) in [6, 6.07) is 1.65. The summed E-state index contributed by atoms with van der Waals surface area (Å²) in [5.74, 6) is 0. The second kappa shape index (κ2) is 2.30. The summed E-state index contributed by atoms with van der Waals surface area (Å²) in [6.07, 6.45) is 3.01. The predicted octanol–water partition coefficient (Wildman–Crippen LogP) is 0.0606. The molecule has 2 aromatic heterocycles. The highest BCUT2D eigenvalue weighted by atomic mass is 16.1. The van der Waals surface area contributed by atoms with Crippen molar-refractivity contribution in [3.63, 3.8) is 0 Å². The molecule has 0 saturated carbocycles. The summed E-state index contributed by atoms with van der Waals surface area (Å²) < 4.78 is 1.41. The van der Waals surface area contributed by atoms with E-state index in [4.69, 9.17) is 0 Å². The van der Waals surface area contributed by atoms with Gasteiger partial charge in [0.25, 0.3) is 5.56 Å². The van der Waals surface area contributed by atoms with Crippen molar-refractivity contribution in [3.8, 4) is 0 Å². The average Bonchev–Trinajstić information content (AvgIpc) is 2.49. The van der Waals surface area contributed by atoms with Gasteiger partial charge in [-0.25, -0.2) is 9.61 Å². The third-order valence-electron chi connectivity index (χ3n) is 1.53. The Morgan fingerprint density at radius 3 is 3.17 bits per heavy atom. The van der Waals surface area contributed by atoms with Gasteiger partial charge in [0.2, 0.25) is 0 Å². The van der Waals surface area contributed by atoms with Crippen LogP contribution in [0.2, 0.25) is 0 Å². The molecule has 60 valence electrons. The van der Waals surface area contributed by atoms with Gasteiger partial charge in [0, 0.05) is 0 Å². The van der Waals surface area contributed by atoms with Crippen LogP contribution in [0.5, 0.6) is 0 Å². The van der Waals surface area contributed by atoms with Crippen molar-refractivity contribution < 1.29 is 0 Å². The van der Waals surface area contributed by atoms with Gasteiger partial charge in [-0.1, -0.05) is 6.58 Å². The van der Waals surface area contributed by atoms with Crippen LogP contribution in [0.3, 0.4) is 0 Å². The molecule has 0 aliphatic carbocycles. The molecule has 2 rings (SSSR count). The van der Waals surface area contributed by atoms with Gasteiger partial charge < -0.3 is 0 Å². The van der Waals surface area contributed by atoms with Gasteiger partial charge in [0.05, 0.1) is 5.69 Å². The highest BCUT2D eigenvalue weighted by Crippen LogP contribution is 2.00. The van der Waals surface area contributed by atoms with Gasteiger partial charge in [0.1, 0.15) is 11.8 Å². The molecule has 2 aromatic rings. The summed E-state index contributed by atoms with van der Waals surface area (Å²) in [7, 11) is 0. The molecule has 0 unspecified atom stereocenters. The number of H-pyrrole nitrogens is 1. The molecule has 0 atom stereocenters. The number of aromatic nitrogens is 4. The van der Waals surface area contributed by atoms with Crippen LogP contribution in [-0.2, 0) is 0 Å². The average molecular weight is 162 g/mol. The Labute approximate surface area is 67.3 Å². The van der Waals surface area contributed by atoms with Crippen molar-refractivity contribution in [2.75, 3.05) is 0 Å². The lowest BCUT2D eigenvalue weighted by Crippen LogP contribution is -2.10. The Bertz CT molecular complexity index is 481. The Morgan fingerprint density at radius 1 is 1.67 bits per heavy atom. The standard InChI is InChI=1S/C7H6N4O/c1-2-5-3-6-7(12)9-8-4-11(6)10-5/h2-4H,1H2,(H,9,12). The molecule has 0 saturated heterocycles. The van der Waals surface area contributed by atoms with Crippen LogP contribution in [-0.4, -0.2) is 19.8 Å². The fourth-order valence-electron chi connectivity index (χ4n) is 0.970. The van der Waals surface area contributed by atoms with Crippen LogP contribution >= 0.6 is 0 Å². The second-order valence-electron chi connectivity index (χ2n) is 2.29. The van der Waals surface area contributed by atoms with Crippen molar-refractivity contribution in [2.45, 2.75) is 0 Å². The van der Waals surface area contributed by atoms with Crippen LogP contribution in [0.4, 0.5) is 0 Å². The molecule has 0 fully saturated rings. The number of hydrogen-bond donors (Lipinski definition) is 1. The lowest BCUT2D eigenvalue weighted by molar-refractivity contribution is 0.843. The van der Waals surface area contributed by atoms with E-state index < -0.39 is 0 Å². The number of hydrogen-bond acceptors (Lipinski definition) is 3. The second-order valence-corrected chi connectivity index (χ2v) is 2.29. The maximum atomic E-state index is 11.1. The van der Waals surface area contributed by atoms with Gasteiger partial charge in [0.15, 0.2) is 0 Å². The van der Waals surface area contributed by atoms with E-state index in [1.807, 2.05) is 0 Å². The molecule has 12 heavy (non-hydrogen) atoms. The SMILES string of the molecule is C=Cc1cc2c(=O)[nH]ncn2n1. The number of fused-ring (bicyclic) bond motifs is 1. The molecule has 0 aliphatic heterocycles. The van der Waals surface area contributed by atoms with E-state index in [0.717, 1.165) is 0 Å². The molecule has 0 spiro atoms. The first-order valence-electron chi connectivity index (χ1n) is 3.37. The minimum atomic E-state index is -0.252. The van der Waals surface area contributed by atoms with Gasteiger partial charge in [-0.2, -0.15) is 10.2 Å². The minimum Gasteiger partial charge on any atom is -0.266 e. The molecule has 0 amide bonds. The van der Waals surface area contributed by atoms with Crippen LogP contribution in [0.25, 0.3) is 11.6 Å². The van der Waals surface area contributed by atoms with Gasteiger partial charge in [-0.05, 0) is 12.1 Å². The molecule has 5 nitrogen and oxygen atoms in total. The first kappa shape index (κ1) is 6.78. The zero-order chi connectivity index (χ0) is 8.55. The van der Waals surface area contributed by atoms with Crippen molar-refractivity contribution in [1.82, 2.24) is 19.8 Å². The fraction of sp³-hybridized carbons (Fsp3) is 0. The topological polar surface area (TPSA) is 63.0 Å². The molecule has 1 N–H and O–H groups in total. The van der Waals surface area contributed by atoms with E-state index in [1.54, 1.807) is 12.1 Å². The van der Waals surface area contributed by atoms with E-state index in [1.165, 1.54) is 10.8 Å². The lowest BCUT2D eigenvalue weighted by Gasteiger charge is -1.86. The summed E-state index contributed by atoms with van der Waals surface area (Å²) in [5, 5.41) is 9.91. The normalized spacial score (nSPS) is 10.3. The first-order chi connectivity index (χ1) is 5.81. The summed E-state index contributed by atoms with van der Waals surface area (Å²) in [5.41, 5.74) is 0.881. The zero-order valence-electron chi connectivity index (χ0n) is 6.19. The molecular formula is C7H6N4O. The smallest absolute Gasteiger partial charge is 0.266 e. The zero-order valence-corrected chi connectivity index (χ0v) is 6.19. The van der Waals surface area contributed by atoms with Crippen LogP contribution in [0.15, 0.2) is 23.8 Å². The maximum Gasteiger partial charge on any atom is 0.290 e. The quantitative estimate of drug-likeness (QED) is 0.644. The molecule has 0 aromatic carbocycles. The maximum absolute atomic E-state index is 11.1. The fourth-order valence-corrected chi connectivity index (χ4v) is 0.970. The summed E-state index contributed by atoms with van der Waals surface area (Å²) in [6.45, 7) is 3.55. The van der Waals surface area contributed by atoms with E-state index in [2.05, 4.69) is 21.9 Å². The lowest BCUT2D eigenvalue weighted by atomic mass is 10.4. The third-order valence-corrected chi connectivity index (χ3v) is 1.53. The molecular weight excluding hydrogens is 156 g/mol. The third kappa shape index (κ3) is 0.833. The highest BCUT2D eigenvalue weighted by molar-refractivity contribution is 5.53. The summed E-state index contributed by atoms with van der Waals surface area (Å²) in [4.78, 5) is 11.1. The van der Waals surface area contributed by atoms with Crippen molar-refractivity contribution >= 4 is 11.6 Å². The molecule has 2 heterocycles. The summed E-state index contributed by atoms with van der Waals surface area (Å²) >= 11 is 0. The van der Waals surface area contributed by atoms with E-state index >= 15 is 0 Å². The van der Waals surface area contributed by atoms with Crippen LogP contribution in [0, 0.1) is 0 Å². The minimum absolute atomic E-state index is 0.252. The van der Waals surface area contributed by atoms with Crippen molar-refractivity contribution in [3.05, 3.63) is 35.0 Å². The monoisotopic (exact) mass is 162 g/mol. The molecule has 0 bridgehead atoms. The Morgan fingerprint density at radius 2 is 2.50 bits per heavy atom. The van der Waals surface area contributed by atoms with E-state index in [9.17, 15) is 4.79 Å². The number of aromatic amines is 1. The van der Waals surface area contributed by atoms with Crippen molar-refractivity contribution in [2.24, 2.45) is 0 Å². The highest BCUT2D eigenvalue weighted by Gasteiger charge is 2.00. The largest absolute Gasteiger partial charge is 0.290 e. The van der Waals surface area contributed by atoms with Crippen LogP contribution < -0.4 is 5.56 Å². The van der Waals surface area contributed by atoms with E-state index in [-0.39, 0.29) is 5.56 Å². The van der Waals surface area contributed by atoms with Gasteiger partial charge >= 0.3 is 0 Å². The van der Waals surface area contributed by atoms with Gasteiger partial charge in [-0.3, -0.25) is 4.79 Å². The van der Waals surface area contributed by atoms with Gasteiger partial charge in [-0.15, -0.1) is 0 Å². The molecule has 0 aliphatic rings. The Hall–Kier alpha value is -1.91.